The predicted molar refractivity (Wildman–Crippen MR) is 95.5 cm³/mol. The average molecular weight is 408 g/mol. The molecule has 5 rings (SSSR count). The number of rotatable bonds is 6. The highest BCUT2D eigenvalue weighted by molar-refractivity contribution is 5.82. The minimum absolute atomic E-state index is 0.361. The summed E-state index contributed by atoms with van der Waals surface area (Å²) in [6.45, 7) is -0.361. The Balaban J connectivity index is 1.37. The van der Waals surface area contributed by atoms with Crippen molar-refractivity contribution in [1.82, 2.24) is 24.9 Å². The maximum atomic E-state index is 10.4. The normalized spacial score (nSPS) is 36.5. The van der Waals surface area contributed by atoms with Crippen molar-refractivity contribution < 1.29 is 30.2 Å². The molecular weight excluding hydrogens is 384 g/mol. The number of fused-ring (bicyclic) bond motifs is 3. The van der Waals surface area contributed by atoms with Crippen LogP contribution in [0.1, 0.15) is 31.9 Å². The van der Waals surface area contributed by atoms with Gasteiger partial charge >= 0.3 is 0 Å². The lowest BCUT2D eigenvalue weighted by molar-refractivity contribution is -0.496. The van der Waals surface area contributed by atoms with Gasteiger partial charge in [-0.1, -0.05) is 6.42 Å². The Bertz CT molecular complexity index is 879. The molecule has 2 saturated carbocycles. The van der Waals surface area contributed by atoms with Gasteiger partial charge in [-0.2, -0.15) is 0 Å². The van der Waals surface area contributed by atoms with Gasteiger partial charge < -0.3 is 20.3 Å². The van der Waals surface area contributed by atoms with Crippen LogP contribution < -0.4 is 5.32 Å². The third-order valence-corrected chi connectivity index (χ3v) is 6.38. The first-order valence-corrected chi connectivity index (χ1v) is 9.77. The van der Waals surface area contributed by atoms with Crippen molar-refractivity contribution in [2.45, 2.75) is 56.3 Å². The minimum Gasteiger partial charge on any atom is -0.387 e. The zero-order chi connectivity index (χ0) is 20.1. The summed E-state index contributed by atoms with van der Waals surface area (Å²) in [7, 11) is 0. The number of nitrogens with zero attached hydrogens (tertiary/aromatic N) is 5. The van der Waals surface area contributed by atoms with Crippen molar-refractivity contribution in [1.29, 1.82) is 0 Å². The molecule has 158 valence electrons. The van der Waals surface area contributed by atoms with Crippen LogP contribution in [0.5, 0.6) is 0 Å². The van der Waals surface area contributed by atoms with E-state index in [1.54, 1.807) is 0 Å². The standard InChI is InChI=1S/C17H24N6O6/c24-13-11(5-28-23(26)27)29-17(14(13)25)22-7-20-12-15(18-6-19-16(12)22)21-10-4-8-1-2-9(10)3-8/h6-11,13-14,17,24-27H,1-5H2,(H,18,19,21)/t8?,9?,10?,11-,13-,14-,17-/m1/s1. The largest absolute Gasteiger partial charge is 0.387 e. The molecular formula is C17H24N6O6. The van der Waals surface area contributed by atoms with Crippen molar-refractivity contribution in [3.05, 3.63) is 12.7 Å². The number of nitrogens with one attached hydrogen (secondary N) is 1. The van der Waals surface area contributed by atoms with Crippen molar-refractivity contribution in [3.63, 3.8) is 0 Å². The Morgan fingerprint density at radius 2 is 2.03 bits per heavy atom. The number of imidazole rings is 1. The van der Waals surface area contributed by atoms with E-state index in [1.807, 2.05) is 0 Å². The fourth-order valence-corrected chi connectivity index (χ4v) is 4.98. The lowest BCUT2D eigenvalue weighted by Gasteiger charge is -2.23. The van der Waals surface area contributed by atoms with Gasteiger partial charge in [0.1, 0.15) is 31.2 Å². The van der Waals surface area contributed by atoms with Crippen LogP contribution in [0.2, 0.25) is 0 Å². The minimum atomic E-state index is -1.29. The summed E-state index contributed by atoms with van der Waals surface area (Å²) in [5.41, 5.74) is 1.03. The Labute approximate surface area is 165 Å². The predicted octanol–water partition coefficient (Wildman–Crippen LogP) is 0.0580. The molecule has 3 heterocycles. The number of aliphatic hydroxyl groups excluding tert-OH is 2. The highest BCUT2D eigenvalue weighted by atomic mass is 17.1. The first-order valence-electron chi connectivity index (χ1n) is 9.77. The average Bonchev–Trinajstić information content (AvgIpc) is 3.46. The number of ether oxygens (including phenoxy) is 1. The smallest absolute Gasteiger partial charge is 0.167 e. The number of anilines is 1. The fourth-order valence-electron chi connectivity index (χ4n) is 4.98. The zero-order valence-corrected chi connectivity index (χ0v) is 15.6. The summed E-state index contributed by atoms with van der Waals surface area (Å²) in [5.74, 6) is 2.11. The Hall–Kier alpha value is -1.93. The summed E-state index contributed by atoms with van der Waals surface area (Å²) < 4.78 is 7.20. The van der Waals surface area contributed by atoms with Gasteiger partial charge in [0.2, 0.25) is 0 Å². The van der Waals surface area contributed by atoms with Gasteiger partial charge in [-0.25, -0.2) is 19.8 Å². The summed E-state index contributed by atoms with van der Waals surface area (Å²) in [5, 5.41) is 41.0. The molecule has 29 heavy (non-hydrogen) atoms. The summed E-state index contributed by atoms with van der Waals surface area (Å²) >= 11 is 0. The van der Waals surface area contributed by atoms with Crippen LogP contribution in [-0.4, -0.2) is 76.5 Å². The van der Waals surface area contributed by atoms with E-state index >= 15 is 0 Å². The van der Waals surface area contributed by atoms with Crippen LogP contribution in [-0.2, 0) is 9.57 Å². The van der Waals surface area contributed by atoms with Gasteiger partial charge in [-0.15, -0.1) is 0 Å². The van der Waals surface area contributed by atoms with Crippen LogP contribution in [0.15, 0.2) is 12.7 Å². The topological polar surface area (TPSA) is 158 Å². The molecule has 3 aliphatic rings. The van der Waals surface area contributed by atoms with Gasteiger partial charge in [-0.3, -0.25) is 15.0 Å². The van der Waals surface area contributed by atoms with E-state index in [-0.39, 0.29) is 6.61 Å². The van der Waals surface area contributed by atoms with Crippen LogP contribution in [0.3, 0.4) is 0 Å². The van der Waals surface area contributed by atoms with Gasteiger partial charge in [0, 0.05) is 6.04 Å². The zero-order valence-electron chi connectivity index (χ0n) is 15.6. The van der Waals surface area contributed by atoms with Gasteiger partial charge in [-0.05, 0) is 31.1 Å². The van der Waals surface area contributed by atoms with Crippen molar-refractivity contribution in [2.24, 2.45) is 11.8 Å². The number of aromatic nitrogens is 4. The molecule has 1 aliphatic heterocycles. The summed E-state index contributed by atoms with van der Waals surface area (Å²) in [6, 6.07) is 0.383. The fraction of sp³-hybridized carbons (Fsp3) is 0.706. The molecule has 2 aliphatic carbocycles. The Morgan fingerprint density at radius 3 is 2.76 bits per heavy atom. The van der Waals surface area contributed by atoms with E-state index in [0.717, 1.165) is 12.3 Å². The third-order valence-electron chi connectivity index (χ3n) is 6.38. The number of hydrogen-bond acceptors (Lipinski definition) is 11. The molecule has 1 saturated heterocycles. The van der Waals surface area contributed by atoms with Gasteiger partial charge in [0.05, 0.1) is 11.7 Å². The van der Waals surface area contributed by atoms with E-state index in [0.29, 0.717) is 28.9 Å². The molecule has 12 heteroatoms. The molecule has 0 amide bonds. The molecule has 2 aromatic rings. The van der Waals surface area contributed by atoms with Crippen molar-refractivity contribution >= 4 is 17.0 Å². The molecule has 0 aromatic carbocycles. The van der Waals surface area contributed by atoms with Crippen LogP contribution in [0.25, 0.3) is 11.2 Å². The molecule has 3 fully saturated rings. The molecule has 3 unspecified atom stereocenters. The lowest BCUT2D eigenvalue weighted by atomic mass is 9.95. The SMILES string of the molecule is O[C@@H]1[C@H](O)[C@@H](CON(O)O)O[C@H]1n1cnc2c(NC3CC4CCC3C4)ncnc21. The molecule has 2 aromatic heterocycles. The van der Waals surface area contributed by atoms with Crippen molar-refractivity contribution in [3.8, 4) is 0 Å². The van der Waals surface area contributed by atoms with Crippen LogP contribution >= 0.6 is 0 Å². The summed E-state index contributed by atoms with van der Waals surface area (Å²) in [4.78, 5) is 17.6. The van der Waals surface area contributed by atoms with E-state index in [9.17, 15) is 10.2 Å². The van der Waals surface area contributed by atoms with Gasteiger partial charge in [0.25, 0.3) is 0 Å². The molecule has 0 spiro atoms. The number of aliphatic hydroxyl groups is 2. The second-order valence-electron chi connectivity index (χ2n) is 8.07. The van der Waals surface area contributed by atoms with E-state index in [2.05, 4.69) is 25.1 Å². The quantitative estimate of drug-likeness (QED) is 0.411. The maximum absolute atomic E-state index is 10.4. The maximum Gasteiger partial charge on any atom is 0.167 e. The monoisotopic (exact) mass is 408 g/mol. The van der Waals surface area contributed by atoms with Crippen molar-refractivity contribution in [2.75, 3.05) is 11.9 Å². The molecule has 12 nitrogen and oxygen atoms in total. The van der Waals surface area contributed by atoms with Crippen LogP contribution in [0, 0.1) is 11.8 Å². The van der Waals surface area contributed by atoms with Crippen LogP contribution in [0.4, 0.5) is 5.82 Å². The Kier molecular flexibility index (Phi) is 4.86. The number of hydrogen-bond donors (Lipinski definition) is 5. The first-order chi connectivity index (χ1) is 14.0. The third kappa shape index (κ3) is 3.36. The first kappa shape index (κ1) is 19.1. The highest BCUT2D eigenvalue weighted by Crippen LogP contribution is 2.45. The molecule has 2 bridgehead atoms. The Morgan fingerprint density at radius 1 is 1.17 bits per heavy atom. The molecule has 7 atom stereocenters. The van der Waals surface area contributed by atoms with E-state index in [4.69, 9.17) is 15.2 Å². The second-order valence-corrected chi connectivity index (χ2v) is 8.07. The van der Waals surface area contributed by atoms with E-state index in [1.165, 1.54) is 36.5 Å². The molecule has 5 N–H and O–H groups in total. The lowest BCUT2D eigenvalue weighted by Crippen LogP contribution is -2.35. The molecule has 0 radical (unpaired) electrons. The highest BCUT2D eigenvalue weighted by Gasteiger charge is 2.45. The van der Waals surface area contributed by atoms with E-state index < -0.39 is 29.9 Å². The summed E-state index contributed by atoms with van der Waals surface area (Å²) in [6.07, 6.45) is 3.39. The van der Waals surface area contributed by atoms with Gasteiger partial charge in [0.15, 0.2) is 23.2 Å². The second kappa shape index (κ2) is 7.40.